The summed E-state index contributed by atoms with van der Waals surface area (Å²) < 4.78 is 17.4. The fourth-order valence-corrected chi connectivity index (χ4v) is 3.93. The molecule has 152 valence electrons. The number of hydrogen-bond donors (Lipinski definition) is 1. The summed E-state index contributed by atoms with van der Waals surface area (Å²) in [7, 11) is 0. The minimum absolute atomic E-state index is 0.394. The van der Waals surface area contributed by atoms with Gasteiger partial charge in [-0.2, -0.15) is 15.1 Å². The van der Waals surface area contributed by atoms with E-state index in [4.69, 9.17) is 24.2 Å². The molecule has 0 atom stereocenters. The average Bonchev–Trinajstić information content (AvgIpc) is 3.40. The zero-order chi connectivity index (χ0) is 19.6. The van der Waals surface area contributed by atoms with E-state index in [0.29, 0.717) is 32.4 Å². The van der Waals surface area contributed by atoms with Crippen LogP contribution < -0.4 is 14.4 Å². The highest BCUT2D eigenvalue weighted by molar-refractivity contribution is 5.94. The molecular formula is C21H25N5O3. The van der Waals surface area contributed by atoms with E-state index in [-0.39, 0.29) is 0 Å². The van der Waals surface area contributed by atoms with Crippen LogP contribution in [0.5, 0.6) is 11.8 Å². The molecule has 1 saturated heterocycles. The number of nitrogens with one attached hydrogen (secondary N) is 1. The molecule has 29 heavy (non-hydrogen) atoms. The van der Waals surface area contributed by atoms with Gasteiger partial charge in [-0.1, -0.05) is 0 Å². The molecule has 0 aliphatic carbocycles. The van der Waals surface area contributed by atoms with Crippen LogP contribution >= 0.6 is 0 Å². The predicted molar refractivity (Wildman–Crippen MR) is 110 cm³/mol. The van der Waals surface area contributed by atoms with E-state index >= 15 is 0 Å². The van der Waals surface area contributed by atoms with Gasteiger partial charge in [0.1, 0.15) is 29.6 Å². The quantitative estimate of drug-likeness (QED) is 0.678. The van der Waals surface area contributed by atoms with Gasteiger partial charge in [-0.25, -0.2) is 0 Å². The molecule has 2 aliphatic heterocycles. The second-order valence-corrected chi connectivity index (χ2v) is 7.44. The van der Waals surface area contributed by atoms with Crippen molar-refractivity contribution < 1.29 is 14.2 Å². The second kappa shape index (κ2) is 7.87. The van der Waals surface area contributed by atoms with Crippen molar-refractivity contribution in [3.63, 3.8) is 0 Å². The Kier molecular flexibility index (Phi) is 4.93. The molecule has 1 aromatic carbocycles. The molecule has 2 aromatic heterocycles. The van der Waals surface area contributed by atoms with Crippen LogP contribution in [0.25, 0.3) is 22.3 Å². The number of anilines is 1. The SMILES string of the molecule is Cc1c2nc(nc1N1CCCC1)OCCCOCCOc1ccc3[nH]nc-2c3c1. The number of aromatic amines is 1. The Balaban J connectivity index is 1.65. The minimum atomic E-state index is 0.394. The molecule has 4 bridgehead atoms. The van der Waals surface area contributed by atoms with Gasteiger partial charge in [0.25, 0.3) is 0 Å². The largest absolute Gasteiger partial charge is 0.491 e. The fourth-order valence-electron chi connectivity index (χ4n) is 3.93. The van der Waals surface area contributed by atoms with E-state index in [1.54, 1.807) is 0 Å². The van der Waals surface area contributed by atoms with Crippen molar-refractivity contribution in [1.82, 2.24) is 20.2 Å². The van der Waals surface area contributed by atoms with Gasteiger partial charge in [0.2, 0.25) is 0 Å². The fraction of sp³-hybridized carbons (Fsp3) is 0.476. The van der Waals surface area contributed by atoms with Crippen LogP contribution in [0.15, 0.2) is 18.2 Å². The van der Waals surface area contributed by atoms with Gasteiger partial charge >= 0.3 is 6.01 Å². The zero-order valence-corrected chi connectivity index (χ0v) is 16.6. The second-order valence-electron chi connectivity index (χ2n) is 7.44. The van der Waals surface area contributed by atoms with Crippen molar-refractivity contribution in [3.05, 3.63) is 23.8 Å². The zero-order valence-electron chi connectivity index (χ0n) is 16.6. The molecular weight excluding hydrogens is 370 g/mol. The van der Waals surface area contributed by atoms with Crippen LogP contribution in [0.4, 0.5) is 5.82 Å². The Morgan fingerprint density at radius 1 is 0.931 bits per heavy atom. The first-order valence-electron chi connectivity index (χ1n) is 10.2. The third-order valence-corrected chi connectivity index (χ3v) is 5.42. The number of fused-ring (bicyclic) bond motifs is 4. The Morgan fingerprint density at radius 3 is 2.72 bits per heavy atom. The smallest absolute Gasteiger partial charge is 0.319 e. The number of ether oxygens (including phenoxy) is 3. The average molecular weight is 395 g/mol. The standard InChI is InChI=1S/C21H25N5O3/c1-14-18-19-16-13-15(5-6-17(16)24-25-19)28-12-11-27-9-4-10-29-21(22-18)23-20(14)26-7-2-3-8-26/h5-6,13H,2-4,7-12H2,1H3,(H,24,25). The van der Waals surface area contributed by atoms with Gasteiger partial charge in [0.05, 0.1) is 18.7 Å². The van der Waals surface area contributed by atoms with Crippen molar-refractivity contribution in [2.24, 2.45) is 0 Å². The molecule has 8 nitrogen and oxygen atoms in total. The maximum absolute atomic E-state index is 5.91. The molecule has 0 radical (unpaired) electrons. The van der Waals surface area contributed by atoms with Gasteiger partial charge < -0.3 is 19.1 Å². The van der Waals surface area contributed by atoms with Crippen LogP contribution in [-0.2, 0) is 4.74 Å². The molecule has 5 rings (SSSR count). The maximum atomic E-state index is 5.91. The van der Waals surface area contributed by atoms with Crippen LogP contribution in [0, 0.1) is 6.92 Å². The molecule has 2 aliphatic rings. The third-order valence-electron chi connectivity index (χ3n) is 5.42. The van der Waals surface area contributed by atoms with E-state index in [1.807, 2.05) is 18.2 Å². The number of nitrogens with zero attached hydrogens (tertiary/aromatic N) is 4. The lowest BCUT2D eigenvalue weighted by molar-refractivity contribution is 0.0896. The molecule has 0 amide bonds. The van der Waals surface area contributed by atoms with Crippen LogP contribution in [0.2, 0.25) is 0 Å². The first kappa shape index (κ1) is 18.2. The lowest BCUT2D eigenvalue weighted by atomic mass is 10.1. The van der Waals surface area contributed by atoms with Crippen molar-refractivity contribution in [3.8, 4) is 23.1 Å². The van der Waals surface area contributed by atoms with Crippen LogP contribution in [0.1, 0.15) is 24.8 Å². The van der Waals surface area contributed by atoms with Crippen LogP contribution in [-0.4, -0.2) is 59.7 Å². The van der Waals surface area contributed by atoms with Crippen molar-refractivity contribution >= 4 is 16.7 Å². The minimum Gasteiger partial charge on any atom is -0.491 e. The Bertz CT molecular complexity index is 1010. The monoisotopic (exact) mass is 395 g/mol. The summed E-state index contributed by atoms with van der Waals surface area (Å²) in [6.07, 6.45) is 3.13. The molecule has 1 fully saturated rings. The number of aromatic nitrogens is 4. The third kappa shape index (κ3) is 3.60. The summed E-state index contributed by atoms with van der Waals surface area (Å²) in [5.74, 6) is 1.73. The number of H-pyrrole nitrogens is 1. The highest BCUT2D eigenvalue weighted by Crippen LogP contribution is 2.35. The normalized spacial score (nSPS) is 17.6. The number of hydrogen-bond acceptors (Lipinski definition) is 7. The molecule has 0 spiro atoms. The molecule has 3 aromatic rings. The summed E-state index contributed by atoms with van der Waals surface area (Å²) in [5.41, 5.74) is 3.55. The molecule has 0 saturated carbocycles. The van der Waals surface area contributed by atoms with E-state index in [0.717, 1.165) is 58.9 Å². The molecule has 4 heterocycles. The summed E-state index contributed by atoms with van der Waals surface area (Å²) in [6, 6.07) is 6.33. The predicted octanol–water partition coefficient (Wildman–Crippen LogP) is 3.11. The highest BCUT2D eigenvalue weighted by Gasteiger charge is 2.23. The molecule has 0 unspecified atom stereocenters. The number of rotatable bonds is 1. The van der Waals surface area contributed by atoms with Gasteiger partial charge in [-0.15, -0.1) is 0 Å². The van der Waals surface area contributed by atoms with Gasteiger partial charge in [0, 0.05) is 37.1 Å². The summed E-state index contributed by atoms with van der Waals surface area (Å²) in [6.45, 7) is 6.24. The first-order chi connectivity index (χ1) is 14.3. The van der Waals surface area contributed by atoms with E-state index < -0.39 is 0 Å². The molecule has 8 heteroatoms. The summed E-state index contributed by atoms with van der Waals surface area (Å²) >= 11 is 0. The first-order valence-corrected chi connectivity index (χ1v) is 10.2. The Hall–Kier alpha value is -2.87. The van der Waals surface area contributed by atoms with Gasteiger partial charge in [-0.3, -0.25) is 5.10 Å². The Labute approximate surface area is 169 Å². The van der Waals surface area contributed by atoms with Crippen molar-refractivity contribution in [2.75, 3.05) is 44.4 Å². The van der Waals surface area contributed by atoms with Gasteiger partial charge in [-0.05, 0) is 38.0 Å². The van der Waals surface area contributed by atoms with Gasteiger partial charge in [0.15, 0.2) is 0 Å². The molecule has 1 N–H and O–H groups in total. The van der Waals surface area contributed by atoms with E-state index in [9.17, 15) is 0 Å². The number of benzene rings is 1. The lowest BCUT2D eigenvalue weighted by Crippen LogP contribution is -2.21. The highest BCUT2D eigenvalue weighted by atomic mass is 16.5. The topological polar surface area (TPSA) is 85.4 Å². The summed E-state index contributed by atoms with van der Waals surface area (Å²) in [5, 5.41) is 8.67. The van der Waals surface area contributed by atoms with E-state index in [1.165, 1.54) is 12.8 Å². The maximum Gasteiger partial charge on any atom is 0.319 e. The summed E-state index contributed by atoms with van der Waals surface area (Å²) in [4.78, 5) is 11.8. The van der Waals surface area contributed by atoms with Crippen LogP contribution in [0.3, 0.4) is 0 Å². The lowest BCUT2D eigenvalue weighted by Gasteiger charge is -2.20. The van der Waals surface area contributed by atoms with Crippen molar-refractivity contribution in [1.29, 1.82) is 0 Å². The van der Waals surface area contributed by atoms with E-state index in [2.05, 4.69) is 22.0 Å². The Morgan fingerprint density at radius 2 is 1.83 bits per heavy atom. The van der Waals surface area contributed by atoms with Crippen molar-refractivity contribution in [2.45, 2.75) is 26.2 Å².